The molecule has 1 aromatic carbocycles. The largest absolute Gasteiger partial charge is 0.465 e. The van der Waals surface area contributed by atoms with Gasteiger partial charge in [0.15, 0.2) is 0 Å². The van der Waals surface area contributed by atoms with Gasteiger partial charge in [-0.2, -0.15) is 0 Å². The number of carbonyl (C=O) groups is 3. The predicted molar refractivity (Wildman–Crippen MR) is 94.3 cm³/mol. The van der Waals surface area contributed by atoms with Gasteiger partial charge in [-0.1, -0.05) is 36.1 Å². The zero-order valence-corrected chi connectivity index (χ0v) is 14.7. The fourth-order valence-electron chi connectivity index (χ4n) is 1.96. The lowest BCUT2D eigenvalue weighted by Gasteiger charge is -2.12. The summed E-state index contributed by atoms with van der Waals surface area (Å²) in [5, 5.41) is 0. The van der Waals surface area contributed by atoms with Crippen LogP contribution in [0.1, 0.15) is 22.8 Å². The van der Waals surface area contributed by atoms with Crippen LogP contribution in [0.15, 0.2) is 29.2 Å². The molecule has 2 rings (SSSR count). The Balaban J connectivity index is 2.13. The third-order valence-corrected chi connectivity index (χ3v) is 4.47. The van der Waals surface area contributed by atoms with E-state index in [4.69, 9.17) is 17.0 Å². The van der Waals surface area contributed by atoms with E-state index in [1.54, 1.807) is 37.3 Å². The molecule has 1 heterocycles. The number of benzene rings is 1. The van der Waals surface area contributed by atoms with Gasteiger partial charge >= 0.3 is 11.9 Å². The lowest BCUT2D eigenvalue weighted by molar-refractivity contribution is -0.145. The molecule has 1 aromatic rings. The van der Waals surface area contributed by atoms with Crippen molar-refractivity contribution in [3.8, 4) is 0 Å². The van der Waals surface area contributed by atoms with Gasteiger partial charge in [0.1, 0.15) is 10.9 Å². The quantitative estimate of drug-likeness (QED) is 0.450. The summed E-state index contributed by atoms with van der Waals surface area (Å²) in [7, 11) is 1.31. The highest BCUT2D eigenvalue weighted by molar-refractivity contribution is 8.26. The van der Waals surface area contributed by atoms with Crippen LogP contribution in [0.2, 0.25) is 0 Å². The van der Waals surface area contributed by atoms with Gasteiger partial charge in [0.2, 0.25) is 0 Å². The number of carbonyl (C=O) groups excluding carboxylic acids is 3. The SMILES string of the molecule is CCOC(=O)CN1C(=O)/C(=C/c2ccc(C(=O)OC)cc2)SC1=S. The van der Waals surface area contributed by atoms with Crippen LogP contribution in [0.4, 0.5) is 0 Å². The van der Waals surface area contributed by atoms with Gasteiger partial charge in [-0.25, -0.2) is 4.79 Å². The summed E-state index contributed by atoms with van der Waals surface area (Å²) in [6.07, 6.45) is 1.66. The maximum absolute atomic E-state index is 12.3. The summed E-state index contributed by atoms with van der Waals surface area (Å²) in [6, 6.07) is 6.61. The molecule has 0 atom stereocenters. The molecule has 1 fully saturated rings. The Kier molecular flexibility index (Phi) is 6.10. The first-order valence-corrected chi connectivity index (χ1v) is 8.28. The van der Waals surface area contributed by atoms with Crippen molar-refractivity contribution >= 4 is 52.2 Å². The van der Waals surface area contributed by atoms with Crippen LogP contribution in [0.3, 0.4) is 0 Å². The summed E-state index contributed by atoms with van der Waals surface area (Å²) < 4.78 is 9.78. The minimum atomic E-state index is -0.502. The van der Waals surface area contributed by atoms with Crippen LogP contribution in [0.25, 0.3) is 6.08 Å². The van der Waals surface area contributed by atoms with E-state index in [1.807, 2.05) is 0 Å². The monoisotopic (exact) mass is 365 g/mol. The molecule has 24 heavy (non-hydrogen) atoms. The number of nitrogens with zero attached hydrogens (tertiary/aromatic N) is 1. The first kappa shape index (κ1) is 18.2. The average Bonchev–Trinajstić information content (AvgIpc) is 2.82. The molecule has 0 saturated carbocycles. The molecule has 6 nitrogen and oxygen atoms in total. The first-order valence-electron chi connectivity index (χ1n) is 7.05. The molecule has 1 saturated heterocycles. The highest BCUT2D eigenvalue weighted by Crippen LogP contribution is 2.32. The van der Waals surface area contributed by atoms with Crippen molar-refractivity contribution in [1.82, 2.24) is 4.90 Å². The molecular weight excluding hydrogens is 350 g/mol. The molecule has 126 valence electrons. The van der Waals surface area contributed by atoms with E-state index in [0.29, 0.717) is 14.8 Å². The molecule has 0 radical (unpaired) electrons. The summed E-state index contributed by atoms with van der Waals surface area (Å²) in [5.41, 5.74) is 1.16. The van der Waals surface area contributed by atoms with Crippen LogP contribution < -0.4 is 0 Å². The molecular formula is C16H15NO5S2. The summed E-state index contributed by atoms with van der Waals surface area (Å²) in [6.45, 7) is 1.74. The number of hydrogen-bond donors (Lipinski definition) is 0. The number of hydrogen-bond acceptors (Lipinski definition) is 7. The lowest BCUT2D eigenvalue weighted by Crippen LogP contribution is -2.34. The Morgan fingerprint density at radius 1 is 1.29 bits per heavy atom. The second kappa shape index (κ2) is 8.07. The predicted octanol–water partition coefficient (Wildman–Crippen LogP) is 2.24. The minimum Gasteiger partial charge on any atom is -0.465 e. The normalized spacial score (nSPS) is 15.8. The summed E-state index contributed by atoms with van der Waals surface area (Å²) in [5.74, 6) is -1.27. The second-order valence-electron chi connectivity index (χ2n) is 4.69. The fourth-order valence-corrected chi connectivity index (χ4v) is 3.21. The van der Waals surface area contributed by atoms with Gasteiger partial charge in [0.05, 0.1) is 24.2 Å². The van der Waals surface area contributed by atoms with E-state index in [9.17, 15) is 14.4 Å². The standard InChI is InChI=1S/C16H15NO5S2/c1-3-22-13(18)9-17-14(19)12(24-16(17)23)8-10-4-6-11(7-5-10)15(20)21-2/h4-8H,3,9H2,1-2H3/b12-8-. The average molecular weight is 365 g/mol. The molecule has 0 N–H and O–H groups in total. The van der Waals surface area contributed by atoms with Crippen LogP contribution in [-0.2, 0) is 19.1 Å². The molecule has 0 aromatic heterocycles. The first-order chi connectivity index (χ1) is 11.5. The Labute approximate surface area is 148 Å². The van der Waals surface area contributed by atoms with Crippen LogP contribution >= 0.6 is 24.0 Å². The number of ether oxygens (including phenoxy) is 2. The van der Waals surface area contributed by atoms with Gasteiger partial charge in [-0.15, -0.1) is 0 Å². The van der Waals surface area contributed by atoms with Crippen molar-refractivity contribution in [3.05, 3.63) is 40.3 Å². The summed E-state index contributed by atoms with van der Waals surface area (Å²) in [4.78, 5) is 36.9. The Hall–Kier alpha value is -2.19. The lowest BCUT2D eigenvalue weighted by atomic mass is 10.1. The Morgan fingerprint density at radius 3 is 2.54 bits per heavy atom. The van der Waals surface area contributed by atoms with E-state index in [0.717, 1.165) is 17.3 Å². The van der Waals surface area contributed by atoms with Crippen molar-refractivity contribution in [3.63, 3.8) is 0 Å². The van der Waals surface area contributed by atoms with Gasteiger partial charge < -0.3 is 9.47 Å². The van der Waals surface area contributed by atoms with Crippen LogP contribution in [0.5, 0.6) is 0 Å². The smallest absolute Gasteiger partial charge is 0.337 e. The van der Waals surface area contributed by atoms with Crippen molar-refractivity contribution in [2.45, 2.75) is 6.92 Å². The van der Waals surface area contributed by atoms with Crippen molar-refractivity contribution in [2.75, 3.05) is 20.3 Å². The van der Waals surface area contributed by atoms with Gasteiger partial charge in [-0.3, -0.25) is 14.5 Å². The van der Waals surface area contributed by atoms with Crippen molar-refractivity contribution < 1.29 is 23.9 Å². The van der Waals surface area contributed by atoms with Gasteiger partial charge in [-0.05, 0) is 30.7 Å². The number of rotatable bonds is 5. The number of methoxy groups -OCH3 is 1. The zero-order valence-electron chi connectivity index (χ0n) is 13.1. The minimum absolute atomic E-state index is 0.197. The van der Waals surface area contributed by atoms with Gasteiger partial charge in [0.25, 0.3) is 5.91 Å². The number of thiocarbonyl (C=S) groups is 1. The molecule has 1 aliphatic heterocycles. The molecule has 0 aliphatic carbocycles. The van der Waals surface area contributed by atoms with E-state index in [1.165, 1.54) is 12.0 Å². The number of amides is 1. The number of thioether (sulfide) groups is 1. The summed E-state index contributed by atoms with van der Waals surface area (Å²) >= 11 is 6.26. The molecule has 0 bridgehead atoms. The third-order valence-electron chi connectivity index (χ3n) is 3.10. The Bertz CT molecular complexity index is 712. The van der Waals surface area contributed by atoms with E-state index >= 15 is 0 Å². The van der Waals surface area contributed by atoms with E-state index in [2.05, 4.69) is 4.74 Å². The molecule has 1 amide bonds. The fraction of sp³-hybridized carbons (Fsp3) is 0.250. The second-order valence-corrected chi connectivity index (χ2v) is 6.36. The van der Waals surface area contributed by atoms with E-state index in [-0.39, 0.29) is 19.1 Å². The molecule has 0 spiro atoms. The van der Waals surface area contributed by atoms with Gasteiger partial charge in [0, 0.05) is 0 Å². The van der Waals surface area contributed by atoms with Crippen LogP contribution in [0, 0.1) is 0 Å². The highest BCUT2D eigenvalue weighted by atomic mass is 32.2. The molecule has 8 heteroatoms. The molecule has 0 unspecified atom stereocenters. The van der Waals surface area contributed by atoms with E-state index < -0.39 is 11.9 Å². The topological polar surface area (TPSA) is 72.9 Å². The Morgan fingerprint density at radius 2 is 1.96 bits per heavy atom. The van der Waals surface area contributed by atoms with Crippen LogP contribution in [-0.4, -0.2) is 47.3 Å². The maximum atomic E-state index is 12.3. The van der Waals surface area contributed by atoms with Crippen molar-refractivity contribution in [1.29, 1.82) is 0 Å². The maximum Gasteiger partial charge on any atom is 0.337 e. The molecule has 1 aliphatic rings. The zero-order chi connectivity index (χ0) is 17.7. The van der Waals surface area contributed by atoms with Crippen molar-refractivity contribution in [2.24, 2.45) is 0 Å². The number of esters is 2. The third kappa shape index (κ3) is 4.21. The highest BCUT2D eigenvalue weighted by Gasteiger charge is 2.33.